The van der Waals surface area contributed by atoms with Crippen molar-refractivity contribution in [3.05, 3.63) is 389 Å². The zero-order valence-corrected chi connectivity index (χ0v) is 87.9. The zero-order chi connectivity index (χ0) is 105. The predicted molar refractivity (Wildman–Crippen MR) is 531 cm³/mol. The molecule has 0 saturated heterocycles. The van der Waals surface area contributed by atoms with Crippen molar-refractivity contribution < 1.29 is 158 Å². The molecule has 0 atom stereocenters. The Bertz CT molecular complexity index is 6730. The fourth-order valence-corrected chi connectivity index (χ4v) is 14.2. The second kappa shape index (κ2) is 58.5. The number of carboxylic acids is 3. The van der Waals surface area contributed by atoms with Crippen LogP contribution in [0.2, 0.25) is 15.5 Å². The van der Waals surface area contributed by atoms with Crippen LogP contribution in [0, 0.1) is 102 Å². The molecule has 0 unspecified atom stereocenters. The first-order valence-electron chi connectivity index (χ1n) is 43.9. The van der Waals surface area contributed by atoms with Crippen LogP contribution in [0.25, 0.3) is 22.5 Å². The first-order valence-corrected chi connectivity index (χ1v) is 45.0. The molecule has 0 aliphatic heterocycles. The number of hydrogen-bond donors (Lipinski definition) is 4. The van der Waals surface area contributed by atoms with Crippen molar-refractivity contribution in [1.82, 2.24) is 34.9 Å². The van der Waals surface area contributed by atoms with E-state index in [2.05, 4.69) is 34.9 Å². The SMILES string of the molecule is CCOC(=O)c1c(C)ccc[n+]1[O-].CCOC(=O)c1nc(Cl)ccc1C.CCOC(=O)c1ncccc1C.COC(=O)c1ccc(C)c(CC(=O)c2nc(-c3cccc(CO)c3)ccc2C)c1C.COC(=O)c1ccc(C)c(CC(=O)c2nc(Cl)ccc2C)c1C.Cc1ccc(-c2cccc(CO)c2)nc1C(=O)Cc1c(C)ccc(C(=O)O)c1C.Cc1ccc(Cl)nc1C(=O)[O-].Cc1cccnc1C(=O)O.[K+]. The van der Waals surface area contributed by atoms with Crippen molar-refractivity contribution in [1.29, 1.82) is 0 Å². The smallest absolute Gasteiger partial charge is 0.618 e. The summed E-state index contributed by atoms with van der Waals surface area (Å²) in [6.45, 7) is 31.4. The number of aromatic carboxylic acids is 3. The Balaban J connectivity index is 0.000000296. The van der Waals surface area contributed by atoms with Gasteiger partial charge in [-0.1, -0.05) is 132 Å². The molecule has 0 spiro atoms. The minimum absolute atomic E-state index is 0. The van der Waals surface area contributed by atoms with E-state index in [1.54, 1.807) is 147 Å². The van der Waals surface area contributed by atoms with E-state index in [0.29, 0.717) is 90.6 Å². The number of carbonyl (C=O) groups excluding carboxylic acids is 9. The van der Waals surface area contributed by atoms with Gasteiger partial charge in [-0.2, -0.15) is 4.73 Å². The van der Waals surface area contributed by atoms with E-state index < -0.39 is 41.8 Å². The zero-order valence-electron chi connectivity index (χ0n) is 82.6. The van der Waals surface area contributed by atoms with Gasteiger partial charge < -0.3 is 59.2 Å². The van der Waals surface area contributed by atoms with Gasteiger partial charge in [-0.15, -0.1) is 0 Å². The van der Waals surface area contributed by atoms with E-state index in [1.165, 1.54) is 32.7 Å². The Morgan fingerprint density at radius 3 is 1.02 bits per heavy atom. The number of aromatic nitrogens is 8. The maximum atomic E-state index is 13.2. The van der Waals surface area contributed by atoms with Crippen LogP contribution in [0.3, 0.4) is 0 Å². The van der Waals surface area contributed by atoms with Crippen LogP contribution in [0.15, 0.2) is 201 Å². The van der Waals surface area contributed by atoms with Crippen LogP contribution >= 0.6 is 34.8 Å². The van der Waals surface area contributed by atoms with Gasteiger partial charge in [-0.3, -0.25) is 14.4 Å². The summed E-state index contributed by atoms with van der Waals surface area (Å²) >= 11 is 17.0. The number of rotatable bonds is 24. The molecule has 0 fully saturated rings. The Morgan fingerprint density at radius 2 is 0.669 bits per heavy atom. The van der Waals surface area contributed by atoms with Gasteiger partial charge in [-0.05, 0) is 297 Å². The molecule has 8 aromatic heterocycles. The van der Waals surface area contributed by atoms with Crippen molar-refractivity contribution in [2.75, 3.05) is 34.0 Å². The molecule has 0 aliphatic rings. The van der Waals surface area contributed by atoms with Gasteiger partial charge >= 0.3 is 98.9 Å². The fraction of sp³-hybridized carbons (Fsp3) is 0.250. The van der Waals surface area contributed by atoms with Crippen molar-refractivity contribution in [2.24, 2.45) is 0 Å². The summed E-state index contributed by atoms with van der Waals surface area (Å²) in [5.41, 5.74) is 20.7. The number of ether oxygens (including phenoxy) is 5. The number of pyridine rings is 8. The van der Waals surface area contributed by atoms with Gasteiger partial charge in [0, 0.05) is 54.4 Å². The Labute approximate surface area is 881 Å². The molecule has 8 heterocycles. The van der Waals surface area contributed by atoms with E-state index in [4.69, 9.17) is 63.6 Å². The minimum atomic E-state index is -1.30. The number of ketones is 3. The normalized spacial score (nSPS) is 10.1. The number of methoxy groups -OCH3 is 2. The molecule has 34 heteroatoms. The van der Waals surface area contributed by atoms with Gasteiger partial charge in [0.1, 0.15) is 32.5 Å². The number of nitrogens with zero attached hydrogens (tertiary/aromatic N) is 8. The van der Waals surface area contributed by atoms with Crippen molar-refractivity contribution in [2.45, 2.75) is 150 Å². The predicted octanol–water partition coefficient (Wildman–Crippen LogP) is 15.6. The molecule has 30 nitrogen and oxygen atoms in total. The fourth-order valence-electron chi connectivity index (χ4n) is 13.8. The van der Waals surface area contributed by atoms with Gasteiger partial charge in [0.05, 0.1) is 87.0 Å². The summed E-state index contributed by atoms with van der Waals surface area (Å²) < 4.78 is 24.5. The summed E-state index contributed by atoms with van der Waals surface area (Å²) in [4.78, 5) is 157. The van der Waals surface area contributed by atoms with Crippen LogP contribution in [0.4, 0.5) is 0 Å². The molecule has 0 saturated carbocycles. The van der Waals surface area contributed by atoms with Gasteiger partial charge in [0.15, 0.2) is 40.6 Å². The third-order valence-corrected chi connectivity index (χ3v) is 22.2. The van der Waals surface area contributed by atoms with Crippen molar-refractivity contribution >= 4 is 99.9 Å². The van der Waals surface area contributed by atoms with Gasteiger partial charge in [0.2, 0.25) is 0 Å². The van der Waals surface area contributed by atoms with Crippen LogP contribution in [0.1, 0.15) is 241 Å². The summed E-state index contributed by atoms with van der Waals surface area (Å²) in [5.74, 6) is -5.85. The molecule has 0 aliphatic carbocycles. The number of halogens is 3. The summed E-state index contributed by atoms with van der Waals surface area (Å²) in [6.07, 6.45) is 4.73. The molecular weight excluding hydrogens is 1910 g/mol. The van der Waals surface area contributed by atoms with E-state index in [-0.39, 0.29) is 152 Å². The molecule has 0 radical (unpaired) electrons. The number of aliphatic hydroxyl groups is 2. The Kier molecular flexibility index (Phi) is 48.9. The van der Waals surface area contributed by atoms with Crippen LogP contribution in [0.5, 0.6) is 0 Å². The van der Waals surface area contributed by atoms with Crippen LogP contribution in [-0.2, 0) is 56.2 Å². The maximum Gasteiger partial charge on any atom is 1.00 e. The van der Waals surface area contributed by atoms with E-state index in [1.807, 2.05) is 153 Å². The molecule has 0 bridgehead atoms. The number of carbonyl (C=O) groups is 11. The molecule has 5 aromatic carbocycles. The van der Waals surface area contributed by atoms with Crippen molar-refractivity contribution in [3.63, 3.8) is 0 Å². The van der Waals surface area contributed by atoms with E-state index >= 15 is 0 Å². The second-order valence-corrected chi connectivity index (χ2v) is 32.6. The first-order chi connectivity index (χ1) is 66.9. The second-order valence-electron chi connectivity index (χ2n) is 31.5. The topological polar surface area (TPSA) is 455 Å². The third kappa shape index (κ3) is 34.6. The Morgan fingerprint density at radius 1 is 0.345 bits per heavy atom. The average molecular weight is 2020 g/mol. The standard InChI is InChI=1S/C25H25NO4.C24H23NO4.C18H18ClNO3.C9H10ClNO2.C9H11NO3.C9H11NO2.C7H6ClNO2.C7H7NO2.K/c1-15-8-10-20(25(29)30-4)17(3)21(15)13-23(28)24-16(2)9-11-22(26-24)19-7-5-6-18(12-19)14-27;1-14-7-9-19(24(28)29)16(3)20(14)12-22(27)23-15(2)8-10-21(25-23)18-6-4-5-17(11-18)13-26;1-10-5-7-13(18(22)23-4)12(3)14(10)9-15(21)17-11(2)6-8-16(19)20-17;1-3-13-9(12)8-6(2)4-5-7(10)11-8;1-3-13-9(11)8-7(2)5-4-6-10(8)12;1-3-12-9(11)8-7(2)5-4-6-10-8;1-4-2-3-5(8)9-6(4)7(10)11;1-5-3-2-4-8-6(5)7(9)10;/h5-12,27H,13-14H2,1-4H3;4-11,26H,12-13H2,1-3H3,(H,28,29);5-8H,9H2,1-4H3;4-5H,3H2,1-2H3;4-6H,3H2,1-2H3;4-6H,3H2,1-2H3;2-3H,1H3,(H,10,11);2-4H,1H3,(H,9,10);/q;;;;;;;;+1/p-1. The monoisotopic (exact) mass is 2010 g/mol. The first kappa shape index (κ1) is 119. The number of hydrogen-bond acceptors (Lipinski definition) is 27. The summed E-state index contributed by atoms with van der Waals surface area (Å²) in [6, 6.07) is 53.0. The largest absolute Gasteiger partial charge is 1.00 e. The number of aliphatic hydroxyl groups excluding tert-OH is 2. The number of carboxylic acid groups (broad SMARTS) is 3. The third-order valence-electron chi connectivity index (χ3n) is 21.5. The van der Waals surface area contributed by atoms with Crippen molar-refractivity contribution in [3.8, 4) is 22.5 Å². The Hall–Kier alpha value is -13.7. The maximum absolute atomic E-state index is 13.2. The van der Waals surface area contributed by atoms with Crippen LogP contribution < -0.4 is 61.2 Å². The molecule has 13 rings (SSSR count). The van der Waals surface area contributed by atoms with Gasteiger partial charge in [0.25, 0.3) is 0 Å². The molecule has 13 aromatic rings. The number of benzene rings is 5. The number of esters is 5. The van der Waals surface area contributed by atoms with E-state index in [0.717, 1.165) is 94.6 Å². The summed E-state index contributed by atoms with van der Waals surface area (Å²) in [7, 11) is 2.68. The summed E-state index contributed by atoms with van der Waals surface area (Å²) in [5, 5.41) is 58.9. The minimum Gasteiger partial charge on any atom is -0.618 e. The quantitative estimate of drug-likeness (QED) is 0.00830. The molecule has 0 amide bonds. The van der Waals surface area contributed by atoms with E-state index in [9.17, 15) is 78.4 Å². The molecular formula is C108H110Cl3KN8O22. The van der Waals surface area contributed by atoms with Gasteiger partial charge in [-0.25, -0.2) is 68.4 Å². The number of Topliss-reactive ketones (excluding diaryl/α,β-unsaturated/α-hetero) is 3. The van der Waals surface area contributed by atoms with Crippen LogP contribution in [-0.4, -0.2) is 154 Å². The molecule has 736 valence electrons. The average Bonchev–Trinajstić information content (AvgIpc) is 0.810. The molecule has 4 N–H and O–H groups in total. The number of aryl methyl sites for hydroxylation is 11. The molecule has 142 heavy (non-hydrogen) atoms.